The van der Waals surface area contributed by atoms with E-state index >= 15 is 0 Å². The Bertz CT molecular complexity index is 1190. The van der Waals surface area contributed by atoms with Crippen LogP contribution in [-0.2, 0) is 10.9 Å². The number of aliphatic imine (C=N–C) groups is 1. The van der Waals surface area contributed by atoms with Crippen molar-refractivity contribution < 1.29 is 31.8 Å². The second-order valence-electron chi connectivity index (χ2n) is 7.45. The van der Waals surface area contributed by atoms with E-state index in [1.54, 1.807) is 19.1 Å². The normalized spacial score (nSPS) is 12.8. The number of hydrogen-bond acceptors (Lipinski definition) is 5. The molecular weight excluding hydrogens is 470 g/mol. The molecule has 1 heterocycles. The maximum atomic E-state index is 14.0. The standard InChI is InChI=1S/C23H23F4N5O3/c1-13(12-34-2)28-22(30-21(33)14-4-7-16(8-5-14)23(25,26)27)29-20-11-18(31-32-20)15-6-9-19(35-3)17(24)10-15/h4-11,13H,12H2,1-3H3,(H3,28,29,30,31,32,33)/t13-/m0/s1. The third kappa shape index (κ3) is 6.79. The Balaban J connectivity index is 1.79. The van der Waals surface area contributed by atoms with Crippen LogP contribution in [0.4, 0.5) is 23.4 Å². The third-order valence-corrected chi connectivity index (χ3v) is 4.75. The van der Waals surface area contributed by atoms with E-state index in [1.165, 1.54) is 26.4 Å². The van der Waals surface area contributed by atoms with Gasteiger partial charge in [0.2, 0.25) is 5.96 Å². The number of rotatable bonds is 7. The molecule has 2 aromatic carbocycles. The number of ether oxygens (including phenoxy) is 2. The summed E-state index contributed by atoms with van der Waals surface area (Å²) in [6.07, 6.45) is -4.51. The smallest absolute Gasteiger partial charge is 0.416 e. The molecule has 3 rings (SSSR count). The first-order chi connectivity index (χ1) is 16.6. The lowest BCUT2D eigenvalue weighted by Gasteiger charge is -2.13. The van der Waals surface area contributed by atoms with E-state index in [0.717, 1.165) is 24.3 Å². The summed E-state index contributed by atoms with van der Waals surface area (Å²) in [7, 11) is 2.86. The minimum atomic E-state index is -4.51. The van der Waals surface area contributed by atoms with E-state index in [0.29, 0.717) is 11.3 Å². The van der Waals surface area contributed by atoms with Crippen molar-refractivity contribution in [2.24, 2.45) is 4.99 Å². The summed E-state index contributed by atoms with van der Waals surface area (Å²) in [5.74, 6) is -0.874. The number of guanidine groups is 1. The molecule has 1 amide bonds. The van der Waals surface area contributed by atoms with E-state index in [9.17, 15) is 22.4 Å². The van der Waals surface area contributed by atoms with Crippen molar-refractivity contribution in [1.82, 2.24) is 15.5 Å². The van der Waals surface area contributed by atoms with Gasteiger partial charge in [-0.2, -0.15) is 18.3 Å². The Labute approximate surface area is 198 Å². The number of aromatic nitrogens is 2. The summed E-state index contributed by atoms with van der Waals surface area (Å²) in [5, 5.41) is 12.2. The largest absolute Gasteiger partial charge is 0.494 e. The van der Waals surface area contributed by atoms with Crippen molar-refractivity contribution in [3.05, 3.63) is 65.5 Å². The quantitative estimate of drug-likeness (QED) is 0.256. The fraction of sp³-hybridized carbons (Fsp3) is 0.261. The summed E-state index contributed by atoms with van der Waals surface area (Å²) in [4.78, 5) is 17.0. The molecule has 0 aliphatic heterocycles. The maximum absolute atomic E-state index is 14.0. The number of amides is 1. The number of nitrogens with zero attached hydrogens (tertiary/aromatic N) is 2. The molecule has 1 atom stereocenters. The highest BCUT2D eigenvalue weighted by molar-refractivity contribution is 6.09. The molecule has 3 N–H and O–H groups in total. The number of aromatic amines is 1. The van der Waals surface area contributed by atoms with Crippen LogP contribution in [0.25, 0.3) is 11.3 Å². The Hall–Kier alpha value is -3.93. The number of carbonyl (C=O) groups excluding carboxylic acids is 1. The fourth-order valence-corrected chi connectivity index (χ4v) is 3.07. The van der Waals surface area contributed by atoms with Crippen molar-refractivity contribution in [1.29, 1.82) is 0 Å². The Kier molecular flexibility index (Phi) is 8.07. The zero-order valence-electron chi connectivity index (χ0n) is 19.0. The monoisotopic (exact) mass is 493 g/mol. The second kappa shape index (κ2) is 11.0. The van der Waals surface area contributed by atoms with Crippen LogP contribution in [0.1, 0.15) is 22.8 Å². The van der Waals surface area contributed by atoms with Crippen molar-refractivity contribution >= 4 is 17.7 Å². The van der Waals surface area contributed by atoms with Crippen molar-refractivity contribution in [3.63, 3.8) is 0 Å². The molecule has 0 saturated heterocycles. The molecule has 0 saturated carbocycles. The number of methoxy groups -OCH3 is 2. The van der Waals surface area contributed by atoms with Crippen LogP contribution in [0.2, 0.25) is 0 Å². The van der Waals surface area contributed by atoms with Crippen LogP contribution in [0.5, 0.6) is 5.75 Å². The first kappa shape index (κ1) is 25.7. The fourth-order valence-electron chi connectivity index (χ4n) is 3.07. The topological polar surface area (TPSA) is 101 Å². The van der Waals surface area contributed by atoms with Gasteiger partial charge in [-0.1, -0.05) is 0 Å². The first-order valence-electron chi connectivity index (χ1n) is 10.3. The Morgan fingerprint density at radius 1 is 1.14 bits per heavy atom. The third-order valence-electron chi connectivity index (χ3n) is 4.75. The molecular formula is C23H23F4N5O3. The molecule has 0 spiro atoms. The number of anilines is 1. The summed E-state index contributed by atoms with van der Waals surface area (Å²) in [6.45, 7) is 1.99. The molecule has 186 valence electrons. The highest BCUT2D eigenvalue weighted by Gasteiger charge is 2.30. The molecule has 8 nitrogen and oxygen atoms in total. The van der Waals surface area contributed by atoms with Gasteiger partial charge >= 0.3 is 6.18 Å². The van der Waals surface area contributed by atoms with Gasteiger partial charge < -0.3 is 14.8 Å². The molecule has 12 heteroatoms. The van der Waals surface area contributed by atoms with E-state index in [1.807, 2.05) is 0 Å². The van der Waals surface area contributed by atoms with Crippen molar-refractivity contribution in [3.8, 4) is 17.0 Å². The molecule has 0 fully saturated rings. The zero-order chi connectivity index (χ0) is 25.6. The van der Waals surface area contributed by atoms with Gasteiger partial charge in [0.15, 0.2) is 17.4 Å². The van der Waals surface area contributed by atoms with Gasteiger partial charge in [0, 0.05) is 24.3 Å². The SMILES string of the molecule is COC[C@H](C)N=C(NC(=O)c1ccc(C(F)(F)F)cc1)Nc1cc(-c2ccc(OC)c(F)c2)[nH]n1. The minimum Gasteiger partial charge on any atom is -0.494 e. The molecule has 0 aliphatic rings. The highest BCUT2D eigenvalue weighted by atomic mass is 19.4. The number of carbonyl (C=O) groups is 1. The minimum absolute atomic E-state index is 0.00147. The van der Waals surface area contributed by atoms with Gasteiger partial charge in [-0.3, -0.25) is 15.2 Å². The van der Waals surface area contributed by atoms with Gasteiger partial charge in [0.25, 0.3) is 5.91 Å². The summed E-state index contributed by atoms with van der Waals surface area (Å²) in [6, 6.07) is 9.37. The Morgan fingerprint density at radius 3 is 2.46 bits per heavy atom. The summed E-state index contributed by atoms with van der Waals surface area (Å²) < 4.78 is 62.4. The number of alkyl halides is 3. The second-order valence-corrected chi connectivity index (χ2v) is 7.45. The van der Waals surface area contributed by atoms with Crippen LogP contribution >= 0.6 is 0 Å². The summed E-state index contributed by atoms with van der Waals surface area (Å²) in [5.41, 5.74) is 0.119. The number of H-pyrrole nitrogens is 1. The predicted molar refractivity (Wildman–Crippen MR) is 122 cm³/mol. The lowest BCUT2D eigenvalue weighted by Crippen LogP contribution is -2.37. The van der Waals surface area contributed by atoms with E-state index < -0.39 is 23.5 Å². The molecule has 1 aromatic heterocycles. The van der Waals surface area contributed by atoms with Crippen molar-refractivity contribution in [2.75, 3.05) is 26.1 Å². The average Bonchev–Trinajstić information content (AvgIpc) is 3.27. The number of nitrogens with one attached hydrogen (secondary N) is 3. The van der Waals surface area contributed by atoms with Crippen LogP contribution in [-0.4, -0.2) is 48.9 Å². The van der Waals surface area contributed by atoms with Crippen LogP contribution in [0.3, 0.4) is 0 Å². The maximum Gasteiger partial charge on any atom is 0.416 e. The lowest BCUT2D eigenvalue weighted by atomic mass is 10.1. The van der Waals surface area contributed by atoms with Gasteiger partial charge in [-0.05, 0) is 49.4 Å². The van der Waals surface area contributed by atoms with Gasteiger partial charge in [0.1, 0.15) is 0 Å². The Morgan fingerprint density at radius 2 is 1.86 bits per heavy atom. The molecule has 35 heavy (non-hydrogen) atoms. The average molecular weight is 493 g/mol. The lowest BCUT2D eigenvalue weighted by molar-refractivity contribution is -0.137. The van der Waals surface area contributed by atoms with Gasteiger partial charge in [-0.15, -0.1) is 0 Å². The van der Waals surface area contributed by atoms with Crippen molar-refractivity contribution in [2.45, 2.75) is 19.1 Å². The molecule has 0 bridgehead atoms. The number of halogens is 4. The highest BCUT2D eigenvalue weighted by Crippen LogP contribution is 2.29. The van der Waals surface area contributed by atoms with Crippen LogP contribution in [0, 0.1) is 5.82 Å². The van der Waals surface area contributed by atoms with E-state index in [2.05, 4.69) is 25.8 Å². The van der Waals surface area contributed by atoms with Gasteiger partial charge in [-0.25, -0.2) is 9.38 Å². The van der Waals surface area contributed by atoms with Gasteiger partial charge in [0.05, 0.1) is 31.0 Å². The molecule has 0 aliphatic carbocycles. The van der Waals surface area contributed by atoms with E-state index in [4.69, 9.17) is 9.47 Å². The van der Waals surface area contributed by atoms with Crippen LogP contribution < -0.4 is 15.4 Å². The first-order valence-corrected chi connectivity index (χ1v) is 10.3. The molecule has 0 unspecified atom stereocenters. The van der Waals surface area contributed by atoms with E-state index in [-0.39, 0.29) is 35.7 Å². The number of hydrogen-bond donors (Lipinski definition) is 3. The van der Waals surface area contributed by atoms with Crippen LogP contribution in [0.15, 0.2) is 53.5 Å². The predicted octanol–water partition coefficient (Wildman–Crippen LogP) is 4.48. The molecule has 0 radical (unpaired) electrons. The zero-order valence-corrected chi connectivity index (χ0v) is 19.0. The molecule has 3 aromatic rings. The summed E-state index contributed by atoms with van der Waals surface area (Å²) >= 11 is 0. The number of benzene rings is 2.